The zero-order chi connectivity index (χ0) is 13.2. The molecule has 2 aromatic heterocycles. The molecule has 94 valence electrons. The number of hydrogen-bond acceptors (Lipinski definition) is 2. The minimum Gasteiger partial charge on any atom is -0.237 e. The van der Waals surface area contributed by atoms with Crippen LogP contribution in [0.2, 0.25) is 0 Å². The van der Waals surface area contributed by atoms with Crippen LogP contribution in [0, 0.1) is 6.92 Å². The number of halogens is 1. The van der Waals surface area contributed by atoms with Crippen molar-refractivity contribution in [3.63, 3.8) is 0 Å². The Hall–Kier alpha value is -1.94. The van der Waals surface area contributed by atoms with Crippen molar-refractivity contribution in [2.45, 2.75) is 6.92 Å². The summed E-state index contributed by atoms with van der Waals surface area (Å²) in [6.07, 6.45) is 5.64. The fraction of sp³-hybridized carbons (Fsp3) is 0.0667. The molecule has 0 N–H and O–H groups in total. The van der Waals surface area contributed by atoms with Crippen LogP contribution in [0.4, 0.5) is 0 Å². The Bertz CT molecular complexity index is 701. The molecule has 2 heterocycles. The second-order valence-corrected chi connectivity index (χ2v) is 5.29. The van der Waals surface area contributed by atoms with E-state index in [0.29, 0.717) is 0 Å². The fourth-order valence-corrected chi connectivity index (χ4v) is 2.15. The summed E-state index contributed by atoms with van der Waals surface area (Å²) in [5, 5.41) is 4.37. The molecule has 0 aliphatic heterocycles. The second-order valence-electron chi connectivity index (χ2n) is 4.37. The lowest BCUT2D eigenvalue weighted by molar-refractivity contribution is 0.845. The molecule has 0 amide bonds. The molecule has 0 fully saturated rings. The molecule has 0 atom stereocenters. The highest BCUT2D eigenvalue weighted by Crippen LogP contribution is 2.22. The maximum Gasteiger partial charge on any atom is 0.153 e. The van der Waals surface area contributed by atoms with Crippen molar-refractivity contribution in [2.24, 2.45) is 0 Å². The van der Waals surface area contributed by atoms with E-state index >= 15 is 0 Å². The SMILES string of the molecule is Cc1ccnc(-n2cc(-c3ccc(Br)cc3)cn2)c1. The quantitative estimate of drug-likeness (QED) is 0.715. The van der Waals surface area contributed by atoms with Gasteiger partial charge in [0.15, 0.2) is 5.82 Å². The van der Waals surface area contributed by atoms with Crippen molar-refractivity contribution in [3.05, 3.63) is 65.0 Å². The molecule has 3 nitrogen and oxygen atoms in total. The normalized spacial score (nSPS) is 10.6. The summed E-state index contributed by atoms with van der Waals surface area (Å²) in [6.45, 7) is 2.05. The van der Waals surface area contributed by atoms with Gasteiger partial charge in [-0.1, -0.05) is 28.1 Å². The number of hydrogen-bond donors (Lipinski definition) is 0. The van der Waals surface area contributed by atoms with Gasteiger partial charge in [0.1, 0.15) is 0 Å². The van der Waals surface area contributed by atoms with Gasteiger partial charge in [-0.05, 0) is 42.3 Å². The Kier molecular flexibility index (Phi) is 3.17. The van der Waals surface area contributed by atoms with Crippen LogP contribution in [0.15, 0.2) is 59.5 Å². The summed E-state index contributed by atoms with van der Waals surface area (Å²) < 4.78 is 2.87. The Morgan fingerprint density at radius 3 is 2.58 bits per heavy atom. The highest BCUT2D eigenvalue weighted by atomic mass is 79.9. The van der Waals surface area contributed by atoms with Crippen LogP contribution in [0.5, 0.6) is 0 Å². The first-order chi connectivity index (χ1) is 9.22. The van der Waals surface area contributed by atoms with Gasteiger partial charge < -0.3 is 0 Å². The van der Waals surface area contributed by atoms with Gasteiger partial charge in [-0.15, -0.1) is 0 Å². The first kappa shape index (κ1) is 12.1. The number of pyridine rings is 1. The monoisotopic (exact) mass is 313 g/mol. The van der Waals surface area contributed by atoms with Gasteiger partial charge in [-0.25, -0.2) is 9.67 Å². The Morgan fingerprint density at radius 2 is 1.84 bits per heavy atom. The third kappa shape index (κ3) is 2.58. The van der Waals surface area contributed by atoms with E-state index in [0.717, 1.165) is 21.4 Å². The predicted molar refractivity (Wildman–Crippen MR) is 79.2 cm³/mol. The molecule has 0 aliphatic rings. The first-order valence-corrected chi connectivity index (χ1v) is 6.75. The maximum absolute atomic E-state index is 4.37. The topological polar surface area (TPSA) is 30.7 Å². The smallest absolute Gasteiger partial charge is 0.153 e. The Morgan fingerprint density at radius 1 is 1.05 bits per heavy atom. The van der Waals surface area contributed by atoms with Crippen LogP contribution < -0.4 is 0 Å². The van der Waals surface area contributed by atoms with Crippen LogP contribution in [0.3, 0.4) is 0 Å². The fourth-order valence-electron chi connectivity index (χ4n) is 1.89. The second kappa shape index (κ2) is 4.97. The standard InChI is InChI=1S/C15H12BrN3/c1-11-6-7-17-15(8-11)19-10-13(9-18-19)12-2-4-14(16)5-3-12/h2-10H,1H3. The molecular formula is C15H12BrN3. The summed E-state index contributed by atoms with van der Waals surface area (Å²) in [5.41, 5.74) is 3.39. The zero-order valence-corrected chi connectivity index (χ0v) is 12.0. The molecule has 0 bridgehead atoms. The molecule has 0 spiro atoms. The average Bonchev–Trinajstić information content (AvgIpc) is 2.89. The van der Waals surface area contributed by atoms with E-state index < -0.39 is 0 Å². The third-order valence-electron chi connectivity index (χ3n) is 2.90. The Balaban J connectivity index is 1.97. The summed E-state index contributed by atoms with van der Waals surface area (Å²) in [4.78, 5) is 4.32. The molecule has 3 aromatic rings. The van der Waals surface area contributed by atoms with Gasteiger partial charge >= 0.3 is 0 Å². The van der Waals surface area contributed by atoms with Crippen molar-refractivity contribution in [1.29, 1.82) is 0 Å². The minimum absolute atomic E-state index is 0.836. The van der Waals surface area contributed by atoms with Crippen molar-refractivity contribution in [3.8, 4) is 16.9 Å². The van der Waals surface area contributed by atoms with Crippen molar-refractivity contribution >= 4 is 15.9 Å². The summed E-state index contributed by atoms with van der Waals surface area (Å²) in [6, 6.07) is 12.2. The number of aromatic nitrogens is 3. The number of benzene rings is 1. The van der Waals surface area contributed by atoms with E-state index in [9.17, 15) is 0 Å². The lowest BCUT2D eigenvalue weighted by Gasteiger charge is -2.00. The van der Waals surface area contributed by atoms with Crippen molar-refractivity contribution in [2.75, 3.05) is 0 Å². The van der Waals surface area contributed by atoms with Crippen LogP contribution >= 0.6 is 15.9 Å². The van der Waals surface area contributed by atoms with Crippen molar-refractivity contribution in [1.82, 2.24) is 14.8 Å². The maximum atomic E-state index is 4.37. The van der Waals surface area contributed by atoms with Gasteiger partial charge in [0, 0.05) is 22.4 Å². The molecule has 0 unspecified atom stereocenters. The van der Waals surface area contributed by atoms with Crippen LogP contribution in [-0.4, -0.2) is 14.8 Å². The van der Waals surface area contributed by atoms with Crippen LogP contribution in [0.1, 0.15) is 5.56 Å². The van der Waals surface area contributed by atoms with E-state index in [1.165, 1.54) is 5.56 Å². The highest BCUT2D eigenvalue weighted by Gasteiger charge is 2.04. The summed E-state index contributed by atoms with van der Waals surface area (Å²) in [5.74, 6) is 0.836. The molecule has 4 heteroatoms. The molecule has 3 rings (SSSR count). The van der Waals surface area contributed by atoms with E-state index in [1.54, 1.807) is 10.9 Å². The van der Waals surface area contributed by atoms with Gasteiger partial charge in [0.05, 0.1) is 6.20 Å². The first-order valence-electron chi connectivity index (χ1n) is 5.96. The largest absolute Gasteiger partial charge is 0.237 e. The summed E-state index contributed by atoms with van der Waals surface area (Å²) in [7, 11) is 0. The molecule has 0 radical (unpaired) electrons. The Labute approximate surface area is 120 Å². The van der Waals surface area contributed by atoms with E-state index in [1.807, 2.05) is 43.6 Å². The molecule has 0 aliphatic carbocycles. The lowest BCUT2D eigenvalue weighted by Crippen LogP contribution is -1.97. The molecular weight excluding hydrogens is 302 g/mol. The zero-order valence-electron chi connectivity index (χ0n) is 10.4. The highest BCUT2D eigenvalue weighted by molar-refractivity contribution is 9.10. The number of nitrogens with zero attached hydrogens (tertiary/aromatic N) is 3. The molecule has 19 heavy (non-hydrogen) atoms. The van der Waals surface area contributed by atoms with Crippen LogP contribution in [-0.2, 0) is 0 Å². The van der Waals surface area contributed by atoms with E-state index in [-0.39, 0.29) is 0 Å². The number of rotatable bonds is 2. The predicted octanol–water partition coefficient (Wildman–Crippen LogP) is 4.01. The van der Waals surface area contributed by atoms with Gasteiger partial charge in [0.25, 0.3) is 0 Å². The third-order valence-corrected chi connectivity index (χ3v) is 3.42. The van der Waals surface area contributed by atoms with E-state index in [2.05, 4.69) is 38.1 Å². The van der Waals surface area contributed by atoms with Crippen molar-refractivity contribution < 1.29 is 0 Å². The van der Waals surface area contributed by atoms with Gasteiger partial charge in [-0.2, -0.15) is 5.10 Å². The molecule has 0 saturated heterocycles. The molecule has 0 saturated carbocycles. The van der Waals surface area contributed by atoms with Gasteiger partial charge in [0.2, 0.25) is 0 Å². The van der Waals surface area contributed by atoms with Gasteiger partial charge in [-0.3, -0.25) is 0 Å². The average molecular weight is 314 g/mol. The molecule has 1 aromatic carbocycles. The van der Waals surface area contributed by atoms with Crippen LogP contribution in [0.25, 0.3) is 16.9 Å². The lowest BCUT2D eigenvalue weighted by atomic mass is 10.1. The number of aryl methyl sites for hydroxylation is 1. The van der Waals surface area contributed by atoms with E-state index in [4.69, 9.17) is 0 Å². The minimum atomic E-state index is 0.836. The summed E-state index contributed by atoms with van der Waals surface area (Å²) >= 11 is 3.44.